The molecule has 0 unspecified atom stereocenters. The number of thioether (sulfide) groups is 1. The molecule has 1 fully saturated rings. The van der Waals surface area contributed by atoms with Crippen LogP contribution in [0, 0.1) is 0 Å². The van der Waals surface area contributed by atoms with E-state index in [0.29, 0.717) is 18.1 Å². The Bertz CT molecular complexity index is 730. The molecule has 1 aromatic carbocycles. The van der Waals surface area contributed by atoms with E-state index in [2.05, 4.69) is 35.6 Å². The topological polar surface area (TPSA) is 48.7 Å². The summed E-state index contributed by atoms with van der Waals surface area (Å²) in [5, 5.41) is 12.1. The lowest BCUT2D eigenvalue weighted by atomic mass is 10.0. The minimum atomic E-state index is -1.08. The molecule has 1 aromatic heterocycles. The quantitative estimate of drug-likeness (QED) is 0.844. The molecule has 0 bridgehead atoms. The maximum atomic E-state index is 11.3. The van der Waals surface area contributed by atoms with E-state index in [1.54, 1.807) is 12.3 Å². The highest BCUT2D eigenvalue weighted by Gasteiger charge is 2.44. The molecule has 0 aliphatic carbocycles. The van der Waals surface area contributed by atoms with E-state index in [4.69, 9.17) is 0 Å². The summed E-state index contributed by atoms with van der Waals surface area (Å²) in [6.45, 7) is 6.46. The molecule has 5 heteroatoms. The Morgan fingerprint density at radius 2 is 2.12 bits per heavy atom. The Morgan fingerprint density at radius 1 is 1.33 bits per heavy atom. The normalized spacial score (nSPS) is 22.1. The highest BCUT2D eigenvalue weighted by molar-refractivity contribution is 8.14. The molecule has 1 atom stereocenters. The van der Waals surface area contributed by atoms with Crippen molar-refractivity contribution in [1.82, 2.24) is 9.88 Å². The van der Waals surface area contributed by atoms with Crippen molar-refractivity contribution in [3.05, 3.63) is 72.4 Å². The van der Waals surface area contributed by atoms with E-state index < -0.39 is 5.72 Å². The Labute approximate surface area is 147 Å². The molecular formula is C19H21N3OS. The monoisotopic (exact) mass is 339 g/mol. The van der Waals surface area contributed by atoms with Crippen molar-refractivity contribution in [3.63, 3.8) is 0 Å². The molecule has 0 saturated carbocycles. The van der Waals surface area contributed by atoms with Crippen LogP contribution in [0.2, 0.25) is 0 Å². The van der Waals surface area contributed by atoms with Crippen molar-refractivity contribution in [2.75, 3.05) is 12.3 Å². The maximum Gasteiger partial charge on any atom is 0.175 e. The number of aliphatic hydroxyl groups is 1. The number of rotatable bonds is 5. The van der Waals surface area contributed by atoms with Crippen molar-refractivity contribution in [2.45, 2.75) is 19.1 Å². The average molecular weight is 339 g/mol. The van der Waals surface area contributed by atoms with Gasteiger partial charge >= 0.3 is 0 Å². The molecule has 124 valence electrons. The van der Waals surface area contributed by atoms with Crippen molar-refractivity contribution >= 4 is 22.7 Å². The zero-order valence-electron chi connectivity index (χ0n) is 13.7. The first-order valence-corrected chi connectivity index (χ1v) is 8.99. The summed E-state index contributed by atoms with van der Waals surface area (Å²) in [4.78, 5) is 10.7. The van der Waals surface area contributed by atoms with Crippen LogP contribution in [0.4, 0.5) is 5.82 Å². The lowest BCUT2D eigenvalue weighted by molar-refractivity contribution is -0.0422. The van der Waals surface area contributed by atoms with E-state index >= 15 is 0 Å². The van der Waals surface area contributed by atoms with Crippen LogP contribution < -0.4 is 0 Å². The molecule has 4 nitrogen and oxygen atoms in total. The van der Waals surface area contributed by atoms with Gasteiger partial charge in [-0.3, -0.25) is 0 Å². The largest absolute Gasteiger partial charge is 0.366 e. The number of hydrogen-bond donors (Lipinski definition) is 1. The van der Waals surface area contributed by atoms with Crippen molar-refractivity contribution in [3.8, 4) is 0 Å². The molecule has 1 saturated heterocycles. The molecule has 1 aliphatic heterocycles. The summed E-state index contributed by atoms with van der Waals surface area (Å²) in [6, 6.07) is 13.7. The summed E-state index contributed by atoms with van der Waals surface area (Å²) in [5.74, 6) is 1.16. The summed E-state index contributed by atoms with van der Waals surface area (Å²) < 4.78 is 0. The molecule has 2 aromatic rings. The predicted molar refractivity (Wildman–Crippen MR) is 100 cm³/mol. The Balaban J connectivity index is 1.95. The fourth-order valence-corrected chi connectivity index (χ4v) is 3.89. The van der Waals surface area contributed by atoms with Gasteiger partial charge in [-0.05, 0) is 24.1 Å². The number of benzene rings is 1. The maximum absolute atomic E-state index is 11.3. The molecule has 1 N–H and O–H groups in total. The minimum absolute atomic E-state index is 0.519. The number of pyridine rings is 1. The fraction of sp³-hybridized carbons (Fsp3) is 0.263. The van der Waals surface area contributed by atoms with Crippen LogP contribution >= 0.6 is 11.8 Å². The second-order valence-electron chi connectivity index (χ2n) is 5.64. The Hall–Kier alpha value is -2.11. The lowest BCUT2D eigenvalue weighted by Gasteiger charge is -2.33. The van der Waals surface area contributed by atoms with Crippen LogP contribution in [0.5, 0.6) is 0 Å². The molecular weight excluding hydrogens is 318 g/mol. The first-order valence-electron chi connectivity index (χ1n) is 8.00. The smallest absolute Gasteiger partial charge is 0.175 e. The van der Waals surface area contributed by atoms with Gasteiger partial charge in [0.1, 0.15) is 0 Å². The summed E-state index contributed by atoms with van der Waals surface area (Å²) in [7, 11) is 0. The van der Waals surface area contributed by atoms with Gasteiger partial charge in [-0.25, -0.2) is 9.98 Å². The third-order valence-corrected chi connectivity index (χ3v) is 5.19. The van der Waals surface area contributed by atoms with Gasteiger partial charge in [0.05, 0.1) is 5.75 Å². The van der Waals surface area contributed by atoms with Crippen LogP contribution in [0.15, 0.2) is 66.3 Å². The van der Waals surface area contributed by atoms with E-state index in [1.807, 2.05) is 35.2 Å². The highest BCUT2D eigenvalue weighted by atomic mass is 32.2. The molecule has 1 aliphatic rings. The first-order chi connectivity index (χ1) is 11.7. The highest BCUT2D eigenvalue weighted by Crippen LogP contribution is 2.39. The standard InChI is InChI=1S/C19H21N3OS/c1-3-13-22-18(21-17-7-5-6-12-20-17)24-14-19(22,23)16-10-8-15(4-2)9-11-16/h3,5-12,23H,1,4,13-14H2,2H3/t19-/m1/s1. The molecule has 24 heavy (non-hydrogen) atoms. The van der Waals surface area contributed by atoms with Crippen LogP contribution in [-0.4, -0.2) is 32.5 Å². The predicted octanol–water partition coefficient (Wildman–Crippen LogP) is 3.71. The number of amidine groups is 1. The summed E-state index contributed by atoms with van der Waals surface area (Å²) in [5.41, 5.74) is 1.05. The van der Waals surface area contributed by atoms with E-state index in [9.17, 15) is 5.11 Å². The third-order valence-electron chi connectivity index (χ3n) is 4.08. The van der Waals surface area contributed by atoms with Crippen LogP contribution in [0.3, 0.4) is 0 Å². The van der Waals surface area contributed by atoms with E-state index in [1.165, 1.54) is 17.3 Å². The van der Waals surface area contributed by atoms with Crippen LogP contribution in [-0.2, 0) is 12.1 Å². The first kappa shape index (κ1) is 16.7. The Morgan fingerprint density at radius 3 is 2.75 bits per heavy atom. The minimum Gasteiger partial charge on any atom is -0.366 e. The van der Waals surface area contributed by atoms with E-state index in [-0.39, 0.29) is 0 Å². The van der Waals surface area contributed by atoms with Gasteiger partial charge in [0, 0.05) is 18.3 Å². The van der Waals surface area contributed by atoms with Crippen molar-refractivity contribution in [2.24, 2.45) is 4.99 Å². The number of aliphatic imine (C=N–C) groups is 1. The van der Waals surface area contributed by atoms with Crippen LogP contribution in [0.1, 0.15) is 18.1 Å². The molecule has 0 spiro atoms. The second kappa shape index (κ2) is 7.20. The molecule has 0 amide bonds. The van der Waals surface area contributed by atoms with Gasteiger partial charge in [0.25, 0.3) is 0 Å². The fourth-order valence-electron chi connectivity index (χ4n) is 2.69. The SMILES string of the molecule is C=CCN1C(=Nc2ccccn2)SC[C@@]1(O)c1ccc(CC)cc1. The van der Waals surface area contributed by atoms with Gasteiger partial charge in [-0.1, -0.05) is 55.1 Å². The molecule has 0 radical (unpaired) electrons. The van der Waals surface area contributed by atoms with Gasteiger partial charge in [0.15, 0.2) is 16.7 Å². The van der Waals surface area contributed by atoms with E-state index in [0.717, 1.165) is 17.2 Å². The van der Waals surface area contributed by atoms with Gasteiger partial charge < -0.3 is 10.0 Å². The number of hydrogen-bond acceptors (Lipinski definition) is 4. The van der Waals surface area contributed by atoms with Crippen LogP contribution in [0.25, 0.3) is 0 Å². The summed E-state index contributed by atoms with van der Waals surface area (Å²) >= 11 is 1.54. The zero-order valence-corrected chi connectivity index (χ0v) is 14.5. The van der Waals surface area contributed by atoms with Crippen molar-refractivity contribution in [1.29, 1.82) is 0 Å². The summed E-state index contributed by atoms with van der Waals surface area (Å²) in [6.07, 6.45) is 4.48. The molecule has 2 heterocycles. The molecule has 3 rings (SSSR count). The second-order valence-corrected chi connectivity index (χ2v) is 6.58. The van der Waals surface area contributed by atoms with Gasteiger partial charge in [0.2, 0.25) is 0 Å². The number of aryl methyl sites for hydroxylation is 1. The lowest BCUT2D eigenvalue weighted by Crippen LogP contribution is -2.45. The number of aromatic nitrogens is 1. The average Bonchev–Trinajstić information content (AvgIpc) is 2.94. The van der Waals surface area contributed by atoms with Crippen molar-refractivity contribution < 1.29 is 5.11 Å². The number of nitrogens with zero attached hydrogens (tertiary/aromatic N) is 3. The zero-order chi connectivity index (χ0) is 17.0. The Kier molecular flexibility index (Phi) is 5.02. The van der Waals surface area contributed by atoms with Gasteiger partial charge in [-0.15, -0.1) is 6.58 Å². The third kappa shape index (κ3) is 3.23. The van der Waals surface area contributed by atoms with Gasteiger partial charge in [-0.2, -0.15) is 0 Å².